The second-order valence-corrected chi connectivity index (χ2v) is 8.12. The summed E-state index contributed by atoms with van der Waals surface area (Å²) in [6.45, 7) is 1.97. The Morgan fingerprint density at radius 3 is 2.52 bits per heavy atom. The number of carbonyl (C=O) groups is 1. The van der Waals surface area contributed by atoms with Gasteiger partial charge in [-0.25, -0.2) is 22.9 Å². The van der Waals surface area contributed by atoms with Crippen molar-refractivity contribution in [2.24, 2.45) is 0 Å². The monoisotopic (exact) mass is 389 g/mol. The van der Waals surface area contributed by atoms with Crippen LogP contribution in [0.2, 0.25) is 0 Å². The molecule has 0 fully saturated rings. The molecule has 2 amide bonds. The van der Waals surface area contributed by atoms with Crippen LogP contribution in [-0.4, -0.2) is 19.4 Å². The summed E-state index contributed by atoms with van der Waals surface area (Å²) in [5.74, 6) is 0. The number of sulfonamides is 1. The molecule has 2 aromatic rings. The zero-order chi connectivity index (χ0) is 15.5. The highest BCUT2D eigenvalue weighted by molar-refractivity contribution is 9.11. The molecule has 112 valence electrons. The first kappa shape index (κ1) is 15.9. The Bertz CT molecular complexity index is 741. The van der Waals surface area contributed by atoms with Gasteiger partial charge in [0.1, 0.15) is 0 Å². The SMILES string of the molecule is CCc1ccc(S(=O)(=O)NC(=O)Nc2ncc(Br)s2)cc1. The van der Waals surface area contributed by atoms with Crippen molar-refractivity contribution in [3.05, 3.63) is 39.8 Å². The molecule has 0 radical (unpaired) electrons. The Morgan fingerprint density at radius 2 is 2.00 bits per heavy atom. The van der Waals surface area contributed by atoms with Crippen molar-refractivity contribution < 1.29 is 13.2 Å². The largest absolute Gasteiger partial charge is 0.334 e. The number of thiazole rings is 1. The Balaban J connectivity index is 2.07. The summed E-state index contributed by atoms with van der Waals surface area (Å²) in [4.78, 5) is 15.6. The fourth-order valence-electron chi connectivity index (χ4n) is 1.52. The van der Waals surface area contributed by atoms with E-state index in [-0.39, 0.29) is 4.90 Å². The molecule has 1 aromatic carbocycles. The van der Waals surface area contributed by atoms with Gasteiger partial charge in [0.05, 0.1) is 14.9 Å². The van der Waals surface area contributed by atoms with Crippen molar-refractivity contribution in [3.8, 4) is 0 Å². The smallest absolute Gasteiger partial charge is 0.283 e. The van der Waals surface area contributed by atoms with Crippen LogP contribution in [0.1, 0.15) is 12.5 Å². The topological polar surface area (TPSA) is 88.2 Å². The third kappa shape index (κ3) is 4.26. The van der Waals surface area contributed by atoms with Gasteiger partial charge in [-0.1, -0.05) is 30.4 Å². The zero-order valence-electron chi connectivity index (χ0n) is 11.0. The number of urea groups is 1. The number of hydrogen-bond donors (Lipinski definition) is 2. The second kappa shape index (κ2) is 6.54. The maximum absolute atomic E-state index is 12.0. The molecule has 0 spiro atoms. The number of halogens is 1. The van der Waals surface area contributed by atoms with Crippen molar-refractivity contribution >= 4 is 48.5 Å². The van der Waals surface area contributed by atoms with E-state index >= 15 is 0 Å². The van der Waals surface area contributed by atoms with Gasteiger partial charge in [0.25, 0.3) is 10.0 Å². The fraction of sp³-hybridized carbons (Fsp3) is 0.167. The minimum Gasteiger partial charge on any atom is -0.283 e. The Kier molecular flexibility index (Phi) is 4.96. The quantitative estimate of drug-likeness (QED) is 0.840. The standard InChI is InChI=1S/C12H12BrN3O3S2/c1-2-8-3-5-9(6-4-8)21(18,19)16-11(17)15-12-14-7-10(13)20-12/h3-7H,2H2,1H3,(H2,14,15,16,17). The first-order valence-corrected chi connectivity index (χ1v) is 9.04. The van der Waals surface area contributed by atoms with Crippen LogP contribution in [0.3, 0.4) is 0 Å². The lowest BCUT2D eigenvalue weighted by molar-refractivity contribution is 0.256. The average molecular weight is 390 g/mol. The third-order valence-electron chi connectivity index (χ3n) is 2.57. The molecule has 21 heavy (non-hydrogen) atoms. The number of carbonyl (C=O) groups excluding carboxylic acids is 1. The normalized spacial score (nSPS) is 11.1. The van der Waals surface area contributed by atoms with Gasteiger partial charge in [-0.05, 0) is 40.0 Å². The van der Waals surface area contributed by atoms with E-state index in [2.05, 4.69) is 26.2 Å². The van der Waals surface area contributed by atoms with E-state index in [0.29, 0.717) is 5.13 Å². The van der Waals surface area contributed by atoms with E-state index in [1.165, 1.54) is 29.7 Å². The van der Waals surface area contributed by atoms with Gasteiger partial charge in [-0.3, -0.25) is 5.32 Å². The Hall–Kier alpha value is -1.45. The Morgan fingerprint density at radius 1 is 1.33 bits per heavy atom. The fourth-order valence-corrected chi connectivity index (χ4v) is 3.53. The molecule has 1 heterocycles. The predicted molar refractivity (Wildman–Crippen MR) is 85.0 cm³/mol. The molecule has 9 heteroatoms. The van der Waals surface area contributed by atoms with E-state index < -0.39 is 16.1 Å². The highest BCUT2D eigenvalue weighted by atomic mass is 79.9. The number of hydrogen-bond acceptors (Lipinski definition) is 5. The van der Waals surface area contributed by atoms with Crippen LogP contribution in [0.25, 0.3) is 0 Å². The van der Waals surface area contributed by atoms with Crippen LogP contribution in [-0.2, 0) is 16.4 Å². The lowest BCUT2D eigenvalue weighted by atomic mass is 10.2. The molecular formula is C12H12BrN3O3S2. The molecule has 6 nitrogen and oxygen atoms in total. The number of nitrogens with zero attached hydrogens (tertiary/aromatic N) is 1. The number of aromatic nitrogens is 1. The molecule has 0 saturated heterocycles. The molecule has 2 N–H and O–H groups in total. The number of anilines is 1. The molecule has 0 aliphatic heterocycles. The van der Waals surface area contributed by atoms with Crippen LogP contribution in [0.5, 0.6) is 0 Å². The van der Waals surface area contributed by atoms with Gasteiger partial charge in [-0.2, -0.15) is 0 Å². The maximum atomic E-state index is 12.0. The number of aryl methyl sites for hydroxylation is 1. The van der Waals surface area contributed by atoms with Gasteiger partial charge >= 0.3 is 6.03 Å². The summed E-state index contributed by atoms with van der Waals surface area (Å²) in [7, 11) is -3.89. The van der Waals surface area contributed by atoms with Crippen molar-refractivity contribution in [1.82, 2.24) is 9.71 Å². The first-order chi connectivity index (χ1) is 9.90. The maximum Gasteiger partial charge on any atom is 0.334 e. The Labute approximate surface area is 134 Å². The van der Waals surface area contributed by atoms with Crippen molar-refractivity contribution in [2.45, 2.75) is 18.2 Å². The van der Waals surface area contributed by atoms with E-state index in [1.807, 2.05) is 11.6 Å². The molecule has 0 saturated carbocycles. The molecule has 1 aromatic heterocycles. The van der Waals surface area contributed by atoms with Crippen LogP contribution < -0.4 is 10.0 Å². The van der Waals surface area contributed by atoms with Gasteiger partial charge in [0.15, 0.2) is 5.13 Å². The lowest BCUT2D eigenvalue weighted by Crippen LogP contribution is -2.34. The van der Waals surface area contributed by atoms with Gasteiger partial charge in [-0.15, -0.1) is 0 Å². The molecule has 0 unspecified atom stereocenters. The van der Waals surface area contributed by atoms with Gasteiger partial charge in [0.2, 0.25) is 0 Å². The summed E-state index contributed by atoms with van der Waals surface area (Å²) in [5.41, 5.74) is 1.02. The van der Waals surface area contributed by atoms with Crippen LogP contribution in [0.15, 0.2) is 39.1 Å². The summed E-state index contributed by atoms with van der Waals surface area (Å²) in [6, 6.07) is 5.51. The first-order valence-electron chi connectivity index (χ1n) is 5.95. The summed E-state index contributed by atoms with van der Waals surface area (Å²) < 4.78 is 26.8. The number of nitrogens with one attached hydrogen (secondary N) is 2. The molecular weight excluding hydrogens is 378 g/mol. The van der Waals surface area contributed by atoms with Crippen LogP contribution in [0, 0.1) is 0 Å². The second-order valence-electron chi connectivity index (χ2n) is 4.03. The van der Waals surface area contributed by atoms with Gasteiger partial charge < -0.3 is 0 Å². The van der Waals surface area contributed by atoms with Crippen LogP contribution in [0.4, 0.5) is 9.93 Å². The van der Waals surface area contributed by atoms with E-state index in [1.54, 1.807) is 12.1 Å². The highest BCUT2D eigenvalue weighted by Crippen LogP contribution is 2.23. The minimum absolute atomic E-state index is 0.0372. The summed E-state index contributed by atoms with van der Waals surface area (Å²) in [5, 5.41) is 2.66. The zero-order valence-corrected chi connectivity index (χ0v) is 14.2. The summed E-state index contributed by atoms with van der Waals surface area (Å²) in [6.07, 6.45) is 2.32. The van der Waals surface area contributed by atoms with Crippen molar-refractivity contribution in [1.29, 1.82) is 0 Å². The van der Waals surface area contributed by atoms with Crippen molar-refractivity contribution in [2.75, 3.05) is 5.32 Å². The van der Waals surface area contributed by atoms with E-state index in [0.717, 1.165) is 15.8 Å². The molecule has 0 aliphatic carbocycles. The molecule has 0 bridgehead atoms. The summed E-state index contributed by atoms with van der Waals surface area (Å²) >= 11 is 4.38. The number of benzene rings is 1. The average Bonchev–Trinajstić information content (AvgIpc) is 2.83. The van der Waals surface area contributed by atoms with E-state index in [9.17, 15) is 13.2 Å². The molecule has 0 atom stereocenters. The third-order valence-corrected chi connectivity index (χ3v) is 5.31. The van der Waals surface area contributed by atoms with E-state index in [4.69, 9.17) is 0 Å². The van der Waals surface area contributed by atoms with Crippen molar-refractivity contribution in [3.63, 3.8) is 0 Å². The number of rotatable bonds is 4. The molecule has 2 rings (SSSR count). The van der Waals surface area contributed by atoms with Crippen LogP contribution >= 0.6 is 27.3 Å². The molecule has 0 aliphatic rings. The van der Waals surface area contributed by atoms with Gasteiger partial charge in [0, 0.05) is 0 Å². The highest BCUT2D eigenvalue weighted by Gasteiger charge is 2.18. The number of amides is 2. The predicted octanol–water partition coefficient (Wildman–Crippen LogP) is 2.98. The minimum atomic E-state index is -3.89. The lowest BCUT2D eigenvalue weighted by Gasteiger charge is -2.07.